The topological polar surface area (TPSA) is 0 Å². The Hall–Kier alpha value is -0.560. The van der Waals surface area contributed by atoms with Crippen molar-refractivity contribution < 1.29 is 0 Å². The van der Waals surface area contributed by atoms with E-state index in [1.165, 1.54) is 26.5 Å². The van der Waals surface area contributed by atoms with Crippen molar-refractivity contribution in [1.82, 2.24) is 0 Å². The number of hydrogen-bond donors (Lipinski definition) is 0. The van der Waals surface area contributed by atoms with E-state index < -0.39 is 0 Å². The van der Waals surface area contributed by atoms with Gasteiger partial charge in [-0.15, -0.1) is 11.3 Å². The molecule has 0 atom stereocenters. The van der Waals surface area contributed by atoms with Crippen LogP contribution in [-0.4, -0.2) is 0 Å². The van der Waals surface area contributed by atoms with E-state index in [-0.39, 0.29) is 0 Å². The summed E-state index contributed by atoms with van der Waals surface area (Å²) in [5.74, 6) is 0.648. The van der Waals surface area contributed by atoms with Crippen LogP contribution in [0.25, 0.3) is 5.57 Å². The first-order chi connectivity index (χ1) is 6.43. The van der Waals surface area contributed by atoms with Crippen LogP contribution < -0.4 is 0 Å². The molecular formula is C13H20S. The molecule has 0 aliphatic heterocycles. The molecule has 14 heavy (non-hydrogen) atoms. The number of aryl methyl sites for hydroxylation is 2. The standard InChI is InChI=1S/C13H20S/c1-8(2)10(4)11(5)13-7-9(3)14-12(13)6/h7-8H,1-6H3/b11-10+. The van der Waals surface area contributed by atoms with Crippen LogP contribution in [0.4, 0.5) is 0 Å². The fraction of sp³-hybridized carbons (Fsp3) is 0.538. The number of allylic oxidation sites excluding steroid dienone is 2. The Morgan fingerprint density at radius 3 is 2.14 bits per heavy atom. The summed E-state index contributed by atoms with van der Waals surface area (Å²) in [5.41, 5.74) is 4.41. The summed E-state index contributed by atoms with van der Waals surface area (Å²) >= 11 is 1.89. The van der Waals surface area contributed by atoms with Crippen LogP contribution in [0.3, 0.4) is 0 Å². The highest BCUT2D eigenvalue weighted by Crippen LogP contribution is 2.30. The van der Waals surface area contributed by atoms with Gasteiger partial charge in [-0.05, 0) is 50.8 Å². The highest BCUT2D eigenvalue weighted by Gasteiger charge is 2.08. The third-order valence-electron chi connectivity index (χ3n) is 2.90. The molecule has 1 heteroatoms. The van der Waals surface area contributed by atoms with Crippen molar-refractivity contribution in [3.63, 3.8) is 0 Å². The van der Waals surface area contributed by atoms with Crippen LogP contribution in [0.15, 0.2) is 11.6 Å². The van der Waals surface area contributed by atoms with E-state index in [2.05, 4.69) is 47.6 Å². The fourth-order valence-corrected chi connectivity index (χ4v) is 2.63. The van der Waals surface area contributed by atoms with Gasteiger partial charge in [0.05, 0.1) is 0 Å². The Labute approximate surface area is 91.7 Å². The molecular weight excluding hydrogens is 188 g/mol. The third-order valence-corrected chi connectivity index (χ3v) is 3.87. The Balaban J connectivity index is 3.17. The molecule has 0 amide bonds. The first-order valence-corrected chi connectivity index (χ1v) is 6.00. The second kappa shape index (κ2) is 4.31. The summed E-state index contributed by atoms with van der Waals surface area (Å²) in [5, 5.41) is 0. The monoisotopic (exact) mass is 208 g/mol. The molecule has 1 rings (SSSR count). The van der Waals surface area contributed by atoms with Gasteiger partial charge in [0, 0.05) is 9.75 Å². The predicted octanol–water partition coefficient (Wildman–Crippen LogP) is 4.81. The molecule has 78 valence electrons. The minimum Gasteiger partial charge on any atom is -0.145 e. The molecule has 0 bridgehead atoms. The van der Waals surface area contributed by atoms with Crippen molar-refractivity contribution in [2.45, 2.75) is 41.5 Å². The van der Waals surface area contributed by atoms with Gasteiger partial charge < -0.3 is 0 Å². The summed E-state index contributed by atoms with van der Waals surface area (Å²) in [4.78, 5) is 2.86. The van der Waals surface area contributed by atoms with E-state index in [9.17, 15) is 0 Å². The van der Waals surface area contributed by atoms with Crippen LogP contribution in [0.5, 0.6) is 0 Å². The molecule has 1 heterocycles. The van der Waals surface area contributed by atoms with Crippen molar-refractivity contribution >= 4 is 16.9 Å². The summed E-state index contributed by atoms with van der Waals surface area (Å²) < 4.78 is 0. The smallest absolute Gasteiger partial charge is 0.00920 e. The maximum atomic E-state index is 2.31. The van der Waals surface area contributed by atoms with Gasteiger partial charge in [0.2, 0.25) is 0 Å². The number of thiophene rings is 1. The SMILES string of the molecule is C/C(=C(/C)C(C)C)c1cc(C)sc1C. The van der Waals surface area contributed by atoms with E-state index in [0.29, 0.717) is 5.92 Å². The molecule has 1 aromatic rings. The van der Waals surface area contributed by atoms with Gasteiger partial charge in [-0.25, -0.2) is 0 Å². The van der Waals surface area contributed by atoms with Gasteiger partial charge in [0.1, 0.15) is 0 Å². The molecule has 0 radical (unpaired) electrons. The van der Waals surface area contributed by atoms with E-state index in [1.807, 2.05) is 11.3 Å². The Morgan fingerprint density at radius 2 is 1.79 bits per heavy atom. The predicted molar refractivity (Wildman–Crippen MR) is 66.9 cm³/mol. The summed E-state index contributed by atoms with van der Waals surface area (Å²) in [6, 6.07) is 2.31. The molecule has 0 spiro atoms. The fourth-order valence-electron chi connectivity index (χ4n) is 1.65. The molecule has 0 fully saturated rings. The summed E-state index contributed by atoms with van der Waals surface area (Å²) in [7, 11) is 0. The lowest BCUT2D eigenvalue weighted by molar-refractivity contribution is 0.771. The second-order valence-electron chi connectivity index (χ2n) is 4.29. The first-order valence-electron chi connectivity index (χ1n) is 5.18. The lowest BCUT2D eigenvalue weighted by atomic mass is 9.95. The van der Waals surface area contributed by atoms with Gasteiger partial charge >= 0.3 is 0 Å². The number of hydrogen-bond acceptors (Lipinski definition) is 1. The van der Waals surface area contributed by atoms with Crippen molar-refractivity contribution in [1.29, 1.82) is 0 Å². The van der Waals surface area contributed by atoms with E-state index in [1.54, 1.807) is 0 Å². The van der Waals surface area contributed by atoms with E-state index in [0.717, 1.165) is 0 Å². The summed E-state index contributed by atoms with van der Waals surface area (Å²) in [6.07, 6.45) is 0. The maximum Gasteiger partial charge on any atom is 0.00920 e. The largest absolute Gasteiger partial charge is 0.145 e. The van der Waals surface area contributed by atoms with Crippen LogP contribution in [0, 0.1) is 19.8 Å². The lowest BCUT2D eigenvalue weighted by Crippen LogP contribution is -1.93. The van der Waals surface area contributed by atoms with Crippen LogP contribution in [-0.2, 0) is 0 Å². The van der Waals surface area contributed by atoms with E-state index in [4.69, 9.17) is 0 Å². The lowest BCUT2D eigenvalue weighted by Gasteiger charge is -2.10. The molecule has 0 unspecified atom stereocenters. The average molecular weight is 208 g/mol. The minimum absolute atomic E-state index is 0.648. The zero-order chi connectivity index (χ0) is 10.9. The Morgan fingerprint density at radius 1 is 1.21 bits per heavy atom. The second-order valence-corrected chi connectivity index (χ2v) is 5.75. The molecule has 0 saturated carbocycles. The Bertz CT molecular complexity index is 353. The maximum absolute atomic E-state index is 2.31. The van der Waals surface area contributed by atoms with Crippen molar-refractivity contribution in [2.75, 3.05) is 0 Å². The van der Waals surface area contributed by atoms with E-state index >= 15 is 0 Å². The molecule has 0 aromatic carbocycles. The highest BCUT2D eigenvalue weighted by molar-refractivity contribution is 7.12. The average Bonchev–Trinajstić information content (AvgIpc) is 2.42. The van der Waals surface area contributed by atoms with Crippen LogP contribution >= 0.6 is 11.3 Å². The van der Waals surface area contributed by atoms with Gasteiger partial charge in [-0.1, -0.05) is 19.4 Å². The Kier molecular flexibility index (Phi) is 3.54. The van der Waals surface area contributed by atoms with Gasteiger partial charge in [-0.3, -0.25) is 0 Å². The summed E-state index contributed by atoms with van der Waals surface area (Å²) in [6.45, 7) is 13.4. The van der Waals surface area contributed by atoms with Crippen LogP contribution in [0.1, 0.15) is 43.0 Å². The molecule has 0 nitrogen and oxygen atoms in total. The zero-order valence-corrected chi connectivity index (χ0v) is 10.9. The van der Waals surface area contributed by atoms with Crippen molar-refractivity contribution in [3.05, 3.63) is 27.0 Å². The minimum atomic E-state index is 0.648. The molecule has 1 aromatic heterocycles. The normalized spacial score (nSPS) is 13.4. The molecule has 0 saturated heterocycles. The van der Waals surface area contributed by atoms with Gasteiger partial charge in [0.25, 0.3) is 0 Å². The van der Waals surface area contributed by atoms with Crippen LogP contribution in [0.2, 0.25) is 0 Å². The van der Waals surface area contributed by atoms with Gasteiger partial charge in [0.15, 0.2) is 0 Å². The zero-order valence-electron chi connectivity index (χ0n) is 10.1. The van der Waals surface area contributed by atoms with Gasteiger partial charge in [-0.2, -0.15) is 0 Å². The first kappa shape index (κ1) is 11.5. The third kappa shape index (κ3) is 2.27. The van der Waals surface area contributed by atoms with Crippen molar-refractivity contribution in [3.8, 4) is 0 Å². The highest BCUT2D eigenvalue weighted by atomic mass is 32.1. The molecule has 0 aliphatic carbocycles. The molecule has 0 N–H and O–H groups in total. The molecule has 0 aliphatic rings. The van der Waals surface area contributed by atoms with Crippen molar-refractivity contribution in [2.24, 2.45) is 5.92 Å². The quantitative estimate of drug-likeness (QED) is 0.654. The number of rotatable bonds is 2.